The van der Waals surface area contributed by atoms with Crippen LogP contribution in [0, 0.1) is 0 Å². The van der Waals surface area contributed by atoms with Crippen LogP contribution in [0.2, 0.25) is 0 Å². The Morgan fingerprint density at radius 2 is 1.47 bits per heavy atom. The lowest BCUT2D eigenvalue weighted by molar-refractivity contribution is -0.0500. The predicted octanol–water partition coefficient (Wildman–Crippen LogP) is 1.48. The third kappa shape index (κ3) is 2.14. The van der Waals surface area contributed by atoms with E-state index in [1.54, 1.807) is 18.2 Å². The summed E-state index contributed by atoms with van der Waals surface area (Å²) in [6.07, 6.45) is -0.841. The smallest absolute Gasteiger partial charge is 0.187 e. The zero-order valence-electron chi connectivity index (χ0n) is 9.30. The fraction of sp³-hybridized carbons (Fsp3) is 0.500. The molecule has 0 bridgehead atoms. The van der Waals surface area contributed by atoms with E-state index >= 15 is 0 Å². The molecule has 0 aliphatic carbocycles. The van der Waals surface area contributed by atoms with Gasteiger partial charge < -0.3 is 24.1 Å². The van der Waals surface area contributed by atoms with E-state index in [2.05, 4.69) is 0 Å². The van der Waals surface area contributed by atoms with Crippen LogP contribution in [0.1, 0.15) is 23.7 Å². The number of rotatable bonds is 2. The van der Waals surface area contributed by atoms with Gasteiger partial charge in [-0.3, -0.25) is 0 Å². The molecule has 1 aromatic carbocycles. The van der Waals surface area contributed by atoms with Crippen LogP contribution in [0.4, 0.5) is 0 Å². The average molecular weight is 238 g/mol. The zero-order chi connectivity index (χ0) is 11.7. The lowest BCUT2D eigenvalue weighted by Gasteiger charge is -2.15. The van der Waals surface area contributed by atoms with Gasteiger partial charge in [0.15, 0.2) is 12.6 Å². The van der Waals surface area contributed by atoms with Crippen LogP contribution < -0.4 is 0 Å². The summed E-state index contributed by atoms with van der Waals surface area (Å²) in [5.74, 6) is 0.165. The fourth-order valence-corrected chi connectivity index (χ4v) is 2.00. The Balaban J connectivity index is 1.88. The maximum absolute atomic E-state index is 9.80. The minimum atomic E-state index is -0.489. The Bertz CT molecular complexity index is 394. The molecule has 1 N–H and O–H groups in total. The van der Waals surface area contributed by atoms with Gasteiger partial charge in [0.05, 0.1) is 26.4 Å². The summed E-state index contributed by atoms with van der Waals surface area (Å²) in [5.41, 5.74) is 1.49. The van der Waals surface area contributed by atoms with Crippen molar-refractivity contribution in [3.05, 3.63) is 29.3 Å². The van der Waals surface area contributed by atoms with Crippen molar-refractivity contribution in [2.75, 3.05) is 26.4 Å². The molecule has 92 valence electrons. The first-order valence-electron chi connectivity index (χ1n) is 5.64. The fourth-order valence-electron chi connectivity index (χ4n) is 2.00. The van der Waals surface area contributed by atoms with Crippen LogP contribution in [0.5, 0.6) is 5.75 Å². The highest BCUT2D eigenvalue weighted by molar-refractivity contribution is 5.37. The summed E-state index contributed by atoms with van der Waals surface area (Å²) < 4.78 is 21.6. The molecule has 2 saturated heterocycles. The largest absolute Gasteiger partial charge is 0.507 e. The van der Waals surface area contributed by atoms with E-state index in [1.165, 1.54) is 0 Å². The van der Waals surface area contributed by atoms with Crippen LogP contribution in [0.3, 0.4) is 0 Å². The van der Waals surface area contributed by atoms with E-state index in [0.717, 1.165) is 5.56 Å². The first-order chi connectivity index (χ1) is 8.34. The molecule has 0 amide bonds. The molecule has 5 heteroatoms. The van der Waals surface area contributed by atoms with Crippen LogP contribution in [-0.4, -0.2) is 31.5 Å². The lowest BCUT2D eigenvalue weighted by Crippen LogP contribution is -2.03. The van der Waals surface area contributed by atoms with Crippen LogP contribution in [0.15, 0.2) is 18.2 Å². The number of phenolic OH excluding ortho intramolecular Hbond substituents is 1. The number of ether oxygens (including phenoxy) is 4. The summed E-state index contributed by atoms with van der Waals surface area (Å²) in [7, 11) is 0. The zero-order valence-corrected chi connectivity index (χ0v) is 9.30. The molecule has 2 aliphatic rings. The molecular weight excluding hydrogens is 224 g/mol. The number of hydrogen-bond acceptors (Lipinski definition) is 5. The highest BCUT2D eigenvalue weighted by Crippen LogP contribution is 2.34. The Hall–Kier alpha value is -1.14. The van der Waals surface area contributed by atoms with Gasteiger partial charge >= 0.3 is 0 Å². The van der Waals surface area contributed by atoms with Gasteiger partial charge in [0.25, 0.3) is 0 Å². The number of benzene rings is 1. The van der Waals surface area contributed by atoms with Gasteiger partial charge in [-0.05, 0) is 12.1 Å². The first-order valence-corrected chi connectivity index (χ1v) is 5.64. The number of phenols is 1. The second-order valence-electron chi connectivity index (χ2n) is 3.97. The molecule has 2 aliphatic heterocycles. The van der Waals surface area contributed by atoms with Crippen molar-refractivity contribution in [2.45, 2.75) is 12.6 Å². The van der Waals surface area contributed by atoms with Crippen molar-refractivity contribution < 1.29 is 24.1 Å². The predicted molar refractivity (Wildman–Crippen MR) is 57.4 cm³/mol. The molecule has 0 radical (unpaired) electrons. The average Bonchev–Trinajstić information content (AvgIpc) is 3.03. The van der Waals surface area contributed by atoms with Gasteiger partial charge in [-0.1, -0.05) is 6.07 Å². The topological polar surface area (TPSA) is 57.2 Å². The summed E-state index contributed by atoms with van der Waals surface area (Å²) >= 11 is 0. The maximum Gasteiger partial charge on any atom is 0.187 e. The Morgan fingerprint density at radius 3 is 2.12 bits per heavy atom. The van der Waals surface area contributed by atoms with E-state index in [0.29, 0.717) is 32.0 Å². The van der Waals surface area contributed by atoms with Crippen molar-refractivity contribution in [1.29, 1.82) is 0 Å². The quantitative estimate of drug-likeness (QED) is 0.845. The van der Waals surface area contributed by atoms with Crippen molar-refractivity contribution in [2.24, 2.45) is 0 Å². The molecule has 0 spiro atoms. The summed E-state index contributed by atoms with van der Waals surface area (Å²) in [5, 5.41) is 9.80. The molecule has 2 fully saturated rings. The molecule has 5 nitrogen and oxygen atoms in total. The molecule has 1 aromatic rings. The van der Waals surface area contributed by atoms with Crippen molar-refractivity contribution in [3.8, 4) is 5.75 Å². The van der Waals surface area contributed by atoms with Crippen LogP contribution in [0.25, 0.3) is 0 Å². The van der Waals surface area contributed by atoms with Gasteiger partial charge in [0.2, 0.25) is 0 Å². The van der Waals surface area contributed by atoms with E-state index in [4.69, 9.17) is 18.9 Å². The minimum Gasteiger partial charge on any atom is -0.507 e. The monoisotopic (exact) mass is 238 g/mol. The van der Waals surface area contributed by atoms with Crippen molar-refractivity contribution in [3.63, 3.8) is 0 Å². The molecular formula is C12H14O5. The normalized spacial score (nSPS) is 22.4. The SMILES string of the molecule is Oc1ccc(C2OCCO2)cc1C1OCCO1. The van der Waals surface area contributed by atoms with Crippen LogP contribution in [-0.2, 0) is 18.9 Å². The summed E-state index contributed by atoms with van der Waals surface area (Å²) in [6, 6.07) is 5.20. The van der Waals surface area contributed by atoms with Crippen molar-refractivity contribution in [1.82, 2.24) is 0 Å². The standard InChI is InChI=1S/C12H14O5/c13-10-2-1-8(11-14-3-4-15-11)7-9(10)12-16-5-6-17-12/h1-2,7,11-13H,3-6H2. The summed E-state index contributed by atoms with van der Waals surface area (Å²) in [6.45, 7) is 2.28. The van der Waals surface area contributed by atoms with Gasteiger partial charge in [0.1, 0.15) is 5.75 Å². The molecule has 2 heterocycles. The van der Waals surface area contributed by atoms with Gasteiger partial charge in [-0.2, -0.15) is 0 Å². The van der Waals surface area contributed by atoms with Crippen LogP contribution >= 0.6 is 0 Å². The molecule has 0 saturated carbocycles. The van der Waals surface area contributed by atoms with E-state index in [-0.39, 0.29) is 12.0 Å². The third-order valence-corrected chi connectivity index (χ3v) is 2.82. The van der Waals surface area contributed by atoms with Gasteiger partial charge in [-0.15, -0.1) is 0 Å². The molecule has 0 unspecified atom stereocenters. The van der Waals surface area contributed by atoms with Gasteiger partial charge in [-0.25, -0.2) is 0 Å². The highest BCUT2D eigenvalue weighted by Gasteiger charge is 2.25. The summed E-state index contributed by atoms with van der Waals surface area (Å²) in [4.78, 5) is 0. The second-order valence-corrected chi connectivity index (χ2v) is 3.97. The second kappa shape index (κ2) is 4.62. The van der Waals surface area contributed by atoms with E-state index < -0.39 is 6.29 Å². The van der Waals surface area contributed by atoms with E-state index in [1.807, 2.05) is 0 Å². The minimum absolute atomic E-state index is 0.165. The number of aromatic hydroxyl groups is 1. The molecule has 17 heavy (non-hydrogen) atoms. The Kier molecular flexibility index (Phi) is 2.98. The Labute approximate surface area is 98.9 Å². The third-order valence-electron chi connectivity index (χ3n) is 2.82. The Morgan fingerprint density at radius 1 is 0.882 bits per heavy atom. The maximum atomic E-state index is 9.80. The number of hydrogen-bond donors (Lipinski definition) is 1. The highest BCUT2D eigenvalue weighted by atomic mass is 16.7. The van der Waals surface area contributed by atoms with E-state index in [9.17, 15) is 5.11 Å². The molecule has 3 rings (SSSR count). The molecule has 0 aromatic heterocycles. The molecule has 0 atom stereocenters. The van der Waals surface area contributed by atoms with Crippen molar-refractivity contribution >= 4 is 0 Å². The van der Waals surface area contributed by atoms with Gasteiger partial charge in [0, 0.05) is 11.1 Å². The first kappa shape index (κ1) is 11.0. The lowest BCUT2D eigenvalue weighted by atomic mass is 10.1.